The molecule has 0 aliphatic rings. The summed E-state index contributed by atoms with van der Waals surface area (Å²) in [7, 11) is 1.31. The van der Waals surface area contributed by atoms with Crippen LogP contribution in [0.2, 0.25) is 0 Å². The molecule has 0 atom stereocenters. The predicted molar refractivity (Wildman–Crippen MR) is 90.9 cm³/mol. The number of hydrogen-bond acceptors (Lipinski definition) is 6. The van der Waals surface area contributed by atoms with Gasteiger partial charge in [0, 0.05) is 24.7 Å². The van der Waals surface area contributed by atoms with E-state index in [0.717, 1.165) is 13.1 Å². The van der Waals surface area contributed by atoms with E-state index in [0.29, 0.717) is 23.4 Å². The Kier molecular flexibility index (Phi) is 8.18. The summed E-state index contributed by atoms with van der Waals surface area (Å²) in [6.45, 7) is 7.44. The Morgan fingerprint density at radius 1 is 1.21 bits per heavy atom. The van der Waals surface area contributed by atoms with Gasteiger partial charge in [0.2, 0.25) is 0 Å². The van der Waals surface area contributed by atoms with Crippen LogP contribution in [0.15, 0.2) is 34.6 Å². The average molecular weight is 333 g/mol. The zero-order chi connectivity index (χ0) is 17.9. The minimum Gasteiger partial charge on any atom is -0.465 e. The van der Waals surface area contributed by atoms with E-state index in [9.17, 15) is 9.59 Å². The average Bonchev–Trinajstić information content (AvgIpc) is 2.60. The summed E-state index contributed by atoms with van der Waals surface area (Å²) >= 11 is 0. The standard InChI is InChI=1S/C17H23N3O4/c1-5-20(6-2)19-18-15-10-8-14(17(22)23-4)12-13(15)9-11-16(21)24-7-3/h8-12H,5-7H2,1-4H3/b11-9+,19-18?. The fourth-order valence-corrected chi connectivity index (χ4v) is 1.83. The smallest absolute Gasteiger partial charge is 0.337 e. The second-order valence-electron chi connectivity index (χ2n) is 4.68. The second kappa shape index (κ2) is 10.1. The molecule has 0 heterocycles. The molecule has 1 aromatic carbocycles. The monoisotopic (exact) mass is 333 g/mol. The first kappa shape index (κ1) is 19.3. The first-order valence-corrected chi connectivity index (χ1v) is 7.79. The molecule has 1 rings (SSSR count). The molecule has 1 aromatic rings. The third-order valence-corrected chi connectivity index (χ3v) is 3.14. The van der Waals surface area contributed by atoms with Crippen LogP contribution >= 0.6 is 0 Å². The molecule has 0 saturated heterocycles. The number of hydrogen-bond donors (Lipinski definition) is 0. The van der Waals surface area contributed by atoms with Crippen LogP contribution in [0, 0.1) is 0 Å². The number of rotatable bonds is 8. The van der Waals surface area contributed by atoms with Gasteiger partial charge in [-0.1, -0.05) is 5.22 Å². The first-order chi connectivity index (χ1) is 11.5. The topological polar surface area (TPSA) is 80.6 Å². The Hall–Kier alpha value is -2.70. The molecule has 0 bridgehead atoms. The Labute approximate surface area is 141 Å². The molecule has 0 radical (unpaired) electrons. The van der Waals surface area contributed by atoms with Gasteiger partial charge in [-0.3, -0.25) is 5.01 Å². The van der Waals surface area contributed by atoms with Gasteiger partial charge < -0.3 is 9.47 Å². The number of methoxy groups -OCH3 is 1. The lowest BCUT2D eigenvalue weighted by atomic mass is 10.1. The number of ether oxygens (including phenoxy) is 2. The van der Waals surface area contributed by atoms with Crippen LogP contribution in [0.1, 0.15) is 36.7 Å². The number of nitrogens with zero attached hydrogens (tertiary/aromatic N) is 3. The van der Waals surface area contributed by atoms with Gasteiger partial charge in [-0.15, -0.1) is 5.11 Å². The minimum atomic E-state index is -0.465. The molecular weight excluding hydrogens is 310 g/mol. The first-order valence-electron chi connectivity index (χ1n) is 7.79. The van der Waals surface area contributed by atoms with Crippen LogP contribution in [0.25, 0.3) is 6.08 Å². The summed E-state index contributed by atoms with van der Waals surface area (Å²) < 4.78 is 9.57. The van der Waals surface area contributed by atoms with Crippen LogP contribution in [-0.4, -0.2) is 43.8 Å². The zero-order valence-electron chi connectivity index (χ0n) is 14.5. The normalized spacial score (nSPS) is 11.0. The summed E-state index contributed by atoms with van der Waals surface area (Å²) in [5, 5.41) is 10.1. The molecule has 0 fully saturated rings. The van der Waals surface area contributed by atoms with Gasteiger partial charge in [0.15, 0.2) is 0 Å². The molecule has 130 valence electrons. The molecule has 0 aliphatic heterocycles. The van der Waals surface area contributed by atoms with Gasteiger partial charge >= 0.3 is 11.9 Å². The van der Waals surface area contributed by atoms with Crippen molar-refractivity contribution < 1.29 is 19.1 Å². The summed E-state index contributed by atoms with van der Waals surface area (Å²) in [4.78, 5) is 23.2. The van der Waals surface area contributed by atoms with E-state index < -0.39 is 11.9 Å². The van der Waals surface area contributed by atoms with Gasteiger partial charge in [-0.05, 0) is 45.0 Å². The fraction of sp³-hybridized carbons (Fsp3) is 0.412. The molecule has 7 heteroatoms. The maximum absolute atomic E-state index is 11.7. The van der Waals surface area contributed by atoms with Crippen molar-refractivity contribution in [1.29, 1.82) is 0 Å². The molecular formula is C17H23N3O4. The molecule has 0 aliphatic carbocycles. The third kappa shape index (κ3) is 5.83. The Morgan fingerprint density at radius 3 is 2.50 bits per heavy atom. The van der Waals surface area contributed by atoms with E-state index in [1.54, 1.807) is 36.2 Å². The number of carbonyl (C=O) groups excluding carboxylic acids is 2. The van der Waals surface area contributed by atoms with E-state index in [-0.39, 0.29) is 0 Å². The van der Waals surface area contributed by atoms with Gasteiger partial charge in [-0.2, -0.15) is 0 Å². The van der Waals surface area contributed by atoms with E-state index in [1.165, 1.54) is 13.2 Å². The second-order valence-corrected chi connectivity index (χ2v) is 4.68. The summed E-state index contributed by atoms with van der Waals surface area (Å²) in [5.41, 5.74) is 1.47. The van der Waals surface area contributed by atoms with Crippen molar-refractivity contribution in [3.05, 3.63) is 35.4 Å². The van der Waals surface area contributed by atoms with Crippen LogP contribution in [0.3, 0.4) is 0 Å². The number of esters is 2. The molecule has 0 aromatic heterocycles. The van der Waals surface area contributed by atoms with E-state index >= 15 is 0 Å². The molecule has 24 heavy (non-hydrogen) atoms. The van der Waals surface area contributed by atoms with Crippen molar-refractivity contribution in [3.63, 3.8) is 0 Å². The maximum Gasteiger partial charge on any atom is 0.337 e. The lowest BCUT2D eigenvalue weighted by Gasteiger charge is -2.11. The van der Waals surface area contributed by atoms with Gasteiger partial charge in [0.25, 0.3) is 0 Å². The highest BCUT2D eigenvalue weighted by Crippen LogP contribution is 2.23. The van der Waals surface area contributed by atoms with Gasteiger partial charge in [0.1, 0.15) is 0 Å². The highest BCUT2D eigenvalue weighted by molar-refractivity contribution is 5.92. The zero-order valence-corrected chi connectivity index (χ0v) is 14.5. The summed E-state index contributed by atoms with van der Waals surface area (Å²) in [6, 6.07) is 4.85. The third-order valence-electron chi connectivity index (χ3n) is 3.14. The van der Waals surface area contributed by atoms with Crippen molar-refractivity contribution in [3.8, 4) is 0 Å². The van der Waals surface area contributed by atoms with Crippen molar-refractivity contribution in [2.75, 3.05) is 26.8 Å². The molecule has 7 nitrogen and oxygen atoms in total. The Balaban J connectivity index is 3.16. The van der Waals surface area contributed by atoms with Crippen LogP contribution in [-0.2, 0) is 14.3 Å². The predicted octanol–water partition coefficient (Wildman–Crippen LogP) is 3.39. The van der Waals surface area contributed by atoms with Crippen LogP contribution in [0.5, 0.6) is 0 Å². The van der Waals surface area contributed by atoms with Crippen molar-refractivity contribution in [1.82, 2.24) is 5.01 Å². The summed E-state index contributed by atoms with van der Waals surface area (Å²) in [5.74, 6) is -0.930. The highest BCUT2D eigenvalue weighted by Gasteiger charge is 2.09. The highest BCUT2D eigenvalue weighted by atomic mass is 16.5. The fourth-order valence-electron chi connectivity index (χ4n) is 1.83. The molecule has 0 amide bonds. The minimum absolute atomic E-state index is 0.292. The number of benzene rings is 1. The lowest BCUT2D eigenvalue weighted by Crippen LogP contribution is -2.14. The van der Waals surface area contributed by atoms with Gasteiger partial charge in [0.05, 0.1) is 25.0 Å². The van der Waals surface area contributed by atoms with Gasteiger partial charge in [-0.25, -0.2) is 9.59 Å². The van der Waals surface area contributed by atoms with Crippen molar-refractivity contribution in [2.45, 2.75) is 20.8 Å². The summed E-state index contributed by atoms with van der Waals surface area (Å²) in [6.07, 6.45) is 2.83. The number of carbonyl (C=O) groups is 2. The van der Waals surface area contributed by atoms with Crippen LogP contribution in [0.4, 0.5) is 5.69 Å². The van der Waals surface area contributed by atoms with E-state index in [2.05, 4.69) is 10.3 Å². The molecule has 0 N–H and O–H groups in total. The Bertz CT molecular complexity index is 622. The molecule has 0 unspecified atom stereocenters. The molecule has 0 spiro atoms. The maximum atomic E-state index is 11.7. The Morgan fingerprint density at radius 2 is 1.92 bits per heavy atom. The SMILES string of the molecule is CCOC(=O)/C=C/c1cc(C(=O)OC)ccc1N=NN(CC)CC. The lowest BCUT2D eigenvalue weighted by molar-refractivity contribution is -0.137. The van der Waals surface area contributed by atoms with Crippen molar-refractivity contribution in [2.24, 2.45) is 10.3 Å². The molecule has 0 saturated carbocycles. The van der Waals surface area contributed by atoms with Crippen LogP contribution < -0.4 is 0 Å². The van der Waals surface area contributed by atoms with Crippen molar-refractivity contribution >= 4 is 23.7 Å². The van der Waals surface area contributed by atoms with E-state index in [1.807, 2.05) is 13.8 Å². The van der Waals surface area contributed by atoms with E-state index in [4.69, 9.17) is 9.47 Å². The largest absolute Gasteiger partial charge is 0.465 e. The quantitative estimate of drug-likeness (QED) is 0.315.